The molecule has 1 aromatic rings. The number of nitrogens with one attached hydrogen (secondary N) is 1. The average Bonchev–Trinajstić information content (AvgIpc) is 2.46. The van der Waals surface area contributed by atoms with E-state index in [1.54, 1.807) is 44.6 Å². The van der Waals surface area contributed by atoms with Crippen molar-refractivity contribution in [3.8, 4) is 0 Å². The van der Waals surface area contributed by atoms with Crippen LogP contribution in [0.2, 0.25) is 0 Å². The van der Waals surface area contributed by atoms with Crippen molar-refractivity contribution in [3.63, 3.8) is 0 Å². The Balaban J connectivity index is 2.84. The van der Waals surface area contributed by atoms with Gasteiger partial charge in [-0.2, -0.15) is 0 Å². The summed E-state index contributed by atoms with van der Waals surface area (Å²) in [6, 6.07) is 1.71. The molecule has 1 rings (SSSR count). The predicted octanol–water partition coefficient (Wildman–Crippen LogP) is 0.858. The first-order valence-corrected chi connectivity index (χ1v) is 6.13. The molecule has 1 heterocycles. The molecule has 0 fully saturated rings. The summed E-state index contributed by atoms with van der Waals surface area (Å²) in [4.78, 5) is 18.2. The van der Waals surface area contributed by atoms with E-state index in [9.17, 15) is 4.79 Å². The van der Waals surface area contributed by atoms with E-state index >= 15 is 0 Å². The lowest BCUT2D eigenvalue weighted by Crippen LogP contribution is -2.36. The third-order valence-corrected chi connectivity index (χ3v) is 2.74. The third kappa shape index (κ3) is 4.50. The van der Waals surface area contributed by atoms with Crippen LogP contribution in [0.1, 0.15) is 10.4 Å². The number of carbonyl (C=O) groups is 1. The molecule has 1 N–H and O–H groups in total. The highest BCUT2D eigenvalue weighted by Gasteiger charge is 2.18. The van der Waals surface area contributed by atoms with Crippen molar-refractivity contribution in [2.45, 2.75) is 0 Å². The summed E-state index contributed by atoms with van der Waals surface area (Å²) in [6.07, 6.45) is 3.25. The zero-order valence-electron chi connectivity index (χ0n) is 11.7. The van der Waals surface area contributed by atoms with E-state index in [0.29, 0.717) is 37.6 Å². The van der Waals surface area contributed by atoms with Gasteiger partial charge in [0, 0.05) is 40.6 Å². The fraction of sp³-hybridized carbons (Fsp3) is 0.538. The van der Waals surface area contributed by atoms with E-state index in [1.807, 2.05) is 0 Å². The van der Waals surface area contributed by atoms with Gasteiger partial charge < -0.3 is 19.7 Å². The number of amides is 1. The number of hydrogen-bond acceptors (Lipinski definition) is 5. The van der Waals surface area contributed by atoms with E-state index in [-0.39, 0.29) is 5.91 Å². The van der Waals surface area contributed by atoms with Crippen LogP contribution in [-0.4, -0.2) is 63.4 Å². The molecule has 0 aliphatic carbocycles. The quantitative estimate of drug-likeness (QED) is 0.757. The Kier molecular flexibility index (Phi) is 6.84. The maximum absolute atomic E-state index is 12.5. The smallest absolute Gasteiger partial charge is 0.256 e. The second-order valence-electron chi connectivity index (χ2n) is 3.95. The molecule has 1 amide bonds. The molecular weight excluding hydrogens is 246 g/mol. The van der Waals surface area contributed by atoms with Gasteiger partial charge in [-0.1, -0.05) is 0 Å². The van der Waals surface area contributed by atoms with Crippen LogP contribution in [0.4, 0.5) is 5.69 Å². The van der Waals surface area contributed by atoms with Gasteiger partial charge in [-0.15, -0.1) is 0 Å². The molecule has 106 valence electrons. The zero-order valence-corrected chi connectivity index (χ0v) is 11.7. The van der Waals surface area contributed by atoms with Gasteiger partial charge in [-0.25, -0.2) is 0 Å². The van der Waals surface area contributed by atoms with Crippen molar-refractivity contribution in [2.24, 2.45) is 0 Å². The zero-order chi connectivity index (χ0) is 14.1. The predicted molar refractivity (Wildman–Crippen MR) is 73.4 cm³/mol. The molecule has 0 unspecified atom stereocenters. The van der Waals surface area contributed by atoms with Gasteiger partial charge in [0.25, 0.3) is 5.91 Å². The number of carbonyl (C=O) groups excluding carboxylic acids is 1. The highest BCUT2D eigenvalue weighted by Crippen LogP contribution is 2.15. The summed E-state index contributed by atoms with van der Waals surface area (Å²) in [5.41, 5.74) is 1.32. The van der Waals surface area contributed by atoms with Crippen LogP contribution >= 0.6 is 0 Å². The first-order chi connectivity index (χ1) is 9.24. The second-order valence-corrected chi connectivity index (χ2v) is 3.95. The largest absolute Gasteiger partial charge is 0.386 e. The van der Waals surface area contributed by atoms with Crippen LogP contribution in [-0.2, 0) is 9.47 Å². The maximum Gasteiger partial charge on any atom is 0.256 e. The summed E-state index contributed by atoms with van der Waals surface area (Å²) < 4.78 is 10.1. The number of aromatic nitrogens is 1. The van der Waals surface area contributed by atoms with Crippen LogP contribution < -0.4 is 5.32 Å². The lowest BCUT2D eigenvalue weighted by atomic mass is 10.2. The summed E-state index contributed by atoms with van der Waals surface area (Å²) in [5.74, 6) is -0.0548. The van der Waals surface area contributed by atoms with Gasteiger partial charge in [-0.05, 0) is 6.07 Å². The monoisotopic (exact) mass is 267 g/mol. The van der Waals surface area contributed by atoms with E-state index < -0.39 is 0 Å². The molecule has 0 radical (unpaired) electrons. The van der Waals surface area contributed by atoms with E-state index in [2.05, 4.69) is 10.3 Å². The highest BCUT2D eigenvalue weighted by atomic mass is 16.5. The first-order valence-electron chi connectivity index (χ1n) is 6.13. The minimum absolute atomic E-state index is 0.0548. The molecule has 0 bridgehead atoms. The minimum atomic E-state index is -0.0548. The van der Waals surface area contributed by atoms with Crippen molar-refractivity contribution >= 4 is 11.6 Å². The molecule has 19 heavy (non-hydrogen) atoms. The topological polar surface area (TPSA) is 63.7 Å². The standard InChI is InChI=1S/C13H21N3O3/c1-14-12-10-15-5-4-11(12)13(17)16(6-8-18-2)7-9-19-3/h4-5,10,14H,6-9H2,1-3H3. The normalized spacial score (nSPS) is 10.3. The molecule has 1 aromatic heterocycles. The third-order valence-electron chi connectivity index (χ3n) is 2.74. The molecule has 0 saturated heterocycles. The van der Waals surface area contributed by atoms with Crippen molar-refractivity contribution in [1.29, 1.82) is 0 Å². The van der Waals surface area contributed by atoms with Crippen molar-refractivity contribution in [2.75, 3.05) is 52.9 Å². The Morgan fingerprint density at radius 3 is 2.47 bits per heavy atom. The number of pyridine rings is 1. The summed E-state index contributed by atoms with van der Waals surface area (Å²) in [7, 11) is 5.00. The molecule has 0 aliphatic rings. The first kappa shape index (κ1) is 15.4. The fourth-order valence-electron chi connectivity index (χ4n) is 1.67. The fourth-order valence-corrected chi connectivity index (χ4v) is 1.67. The lowest BCUT2D eigenvalue weighted by molar-refractivity contribution is 0.0628. The summed E-state index contributed by atoms with van der Waals surface area (Å²) >= 11 is 0. The second kappa shape index (κ2) is 8.44. The van der Waals surface area contributed by atoms with Crippen LogP contribution in [0.15, 0.2) is 18.5 Å². The number of methoxy groups -OCH3 is 2. The minimum Gasteiger partial charge on any atom is -0.386 e. The van der Waals surface area contributed by atoms with Crippen molar-refractivity contribution in [1.82, 2.24) is 9.88 Å². The van der Waals surface area contributed by atoms with E-state index in [1.165, 1.54) is 0 Å². The average molecular weight is 267 g/mol. The van der Waals surface area contributed by atoms with Crippen LogP contribution in [0.5, 0.6) is 0 Å². The molecule has 0 atom stereocenters. The number of rotatable bonds is 8. The molecule has 6 nitrogen and oxygen atoms in total. The number of nitrogens with zero attached hydrogens (tertiary/aromatic N) is 2. The lowest BCUT2D eigenvalue weighted by Gasteiger charge is -2.23. The van der Waals surface area contributed by atoms with Crippen molar-refractivity contribution < 1.29 is 14.3 Å². The van der Waals surface area contributed by atoms with Gasteiger partial charge in [0.15, 0.2) is 0 Å². The molecule has 0 aromatic carbocycles. The number of hydrogen-bond donors (Lipinski definition) is 1. The SMILES string of the molecule is CNc1cnccc1C(=O)N(CCOC)CCOC. The summed E-state index contributed by atoms with van der Waals surface area (Å²) in [5, 5.41) is 2.97. The van der Waals surface area contributed by atoms with Gasteiger partial charge in [0.05, 0.1) is 30.7 Å². The summed E-state index contributed by atoms with van der Waals surface area (Å²) in [6.45, 7) is 2.05. The molecule has 6 heteroatoms. The molecule has 0 spiro atoms. The number of ether oxygens (including phenoxy) is 2. The van der Waals surface area contributed by atoms with E-state index in [0.717, 1.165) is 0 Å². The molecular formula is C13H21N3O3. The van der Waals surface area contributed by atoms with Gasteiger partial charge >= 0.3 is 0 Å². The molecule has 0 aliphatic heterocycles. The maximum atomic E-state index is 12.5. The van der Waals surface area contributed by atoms with Gasteiger partial charge in [0.1, 0.15) is 0 Å². The van der Waals surface area contributed by atoms with Gasteiger partial charge in [0.2, 0.25) is 0 Å². The van der Waals surface area contributed by atoms with Gasteiger partial charge in [-0.3, -0.25) is 9.78 Å². The Labute approximate surface area is 113 Å². The van der Waals surface area contributed by atoms with Crippen LogP contribution in [0.25, 0.3) is 0 Å². The van der Waals surface area contributed by atoms with Crippen molar-refractivity contribution in [3.05, 3.63) is 24.0 Å². The molecule has 0 saturated carbocycles. The Morgan fingerprint density at radius 1 is 1.32 bits per heavy atom. The number of anilines is 1. The van der Waals surface area contributed by atoms with E-state index in [4.69, 9.17) is 9.47 Å². The Hall–Kier alpha value is -1.66. The Bertz CT molecular complexity index is 390. The highest BCUT2D eigenvalue weighted by molar-refractivity contribution is 5.99. The Morgan fingerprint density at radius 2 is 1.95 bits per heavy atom. The van der Waals surface area contributed by atoms with Crippen LogP contribution in [0.3, 0.4) is 0 Å². The van der Waals surface area contributed by atoms with Crippen LogP contribution in [0, 0.1) is 0 Å².